The van der Waals surface area contributed by atoms with E-state index in [-0.39, 0.29) is 12.0 Å². The maximum absolute atomic E-state index is 12.9. The van der Waals surface area contributed by atoms with Crippen LogP contribution < -0.4 is 0 Å². The molecule has 2 aliphatic heterocycles. The highest BCUT2D eigenvalue weighted by molar-refractivity contribution is 5.92. The highest BCUT2D eigenvalue weighted by Gasteiger charge is 2.49. The SMILES string of the molecule is CCc1oc(C(=O)N2CC[C@@]3(CN(C)C(=O)O3)C2)cc1CN(CC)CC. The molecule has 0 radical (unpaired) electrons. The normalized spacial score (nSPS) is 22.7. The summed E-state index contributed by atoms with van der Waals surface area (Å²) < 4.78 is 11.4. The molecular weight excluding hydrogens is 334 g/mol. The van der Waals surface area contributed by atoms with Gasteiger partial charge in [-0.05, 0) is 19.2 Å². The third-order valence-corrected chi connectivity index (χ3v) is 5.46. The number of likely N-dealkylation sites (N-methyl/N-ethyl adjacent to an activating group) is 1. The fourth-order valence-electron chi connectivity index (χ4n) is 3.87. The summed E-state index contributed by atoms with van der Waals surface area (Å²) in [6, 6.07) is 1.89. The van der Waals surface area contributed by atoms with Crippen molar-refractivity contribution in [2.24, 2.45) is 0 Å². The van der Waals surface area contributed by atoms with Gasteiger partial charge in [0, 0.05) is 38.5 Å². The van der Waals surface area contributed by atoms with E-state index in [4.69, 9.17) is 9.15 Å². The summed E-state index contributed by atoms with van der Waals surface area (Å²) in [5.74, 6) is 1.15. The summed E-state index contributed by atoms with van der Waals surface area (Å²) in [7, 11) is 1.72. The van der Waals surface area contributed by atoms with Gasteiger partial charge in [0.25, 0.3) is 5.91 Å². The van der Waals surface area contributed by atoms with E-state index >= 15 is 0 Å². The van der Waals surface area contributed by atoms with Gasteiger partial charge in [0.1, 0.15) is 5.76 Å². The Balaban J connectivity index is 1.72. The van der Waals surface area contributed by atoms with Gasteiger partial charge < -0.3 is 19.0 Å². The van der Waals surface area contributed by atoms with Crippen molar-refractivity contribution in [1.29, 1.82) is 0 Å². The van der Waals surface area contributed by atoms with Gasteiger partial charge in [0.05, 0.1) is 13.1 Å². The Hall–Kier alpha value is -2.02. The summed E-state index contributed by atoms with van der Waals surface area (Å²) in [6.07, 6.45) is 1.12. The molecule has 144 valence electrons. The number of carbonyl (C=O) groups excluding carboxylic acids is 2. The minimum Gasteiger partial charge on any atom is -0.456 e. The molecule has 0 unspecified atom stereocenters. The number of hydrogen-bond acceptors (Lipinski definition) is 5. The van der Waals surface area contributed by atoms with E-state index in [2.05, 4.69) is 18.7 Å². The van der Waals surface area contributed by atoms with Crippen LogP contribution in [0.4, 0.5) is 4.79 Å². The molecule has 0 N–H and O–H groups in total. The van der Waals surface area contributed by atoms with Crippen molar-refractivity contribution in [3.8, 4) is 0 Å². The monoisotopic (exact) mass is 363 g/mol. The van der Waals surface area contributed by atoms with Gasteiger partial charge in [0.2, 0.25) is 0 Å². The van der Waals surface area contributed by atoms with E-state index in [9.17, 15) is 9.59 Å². The van der Waals surface area contributed by atoms with Crippen LogP contribution in [0.15, 0.2) is 10.5 Å². The van der Waals surface area contributed by atoms with Gasteiger partial charge in [-0.15, -0.1) is 0 Å². The lowest BCUT2D eigenvalue weighted by Crippen LogP contribution is -2.39. The summed E-state index contributed by atoms with van der Waals surface area (Å²) in [6.45, 7) is 10.5. The molecular formula is C19H29N3O4. The van der Waals surface area contributed by atoms with Gasteiger partial charge >= 0.3 is 6.09 Å². The lowest BCUT2D eigenvalue weighted by atomic mass is 10.0. The minimum absolute atomic E-state index is 0.118. The fourth-order valence-corrected chi connectivity index (χ4v) is 3.87. The molecule has 1 aromatic rings. The number of ether oxygens (including phenoxy) is 1. The van der Waals surface area contributed by atoms with Crippen molar-refractivity contribution in [2.45, 2.75) is 45.8 Å². The van der Waals surface area contributed by atoms with E-state index in [1.54, 1.807) is 16.8 Å². The third kappa shape index (κ3) is 3.45. The number of nitrogens with zero attached hydrogens (tertiary/aromatic N) is 3. The smallest absolute Gasteiger partial charge is 0.410 e. The molecule has 2 saturated heterocycles. The van der Waals surface area contributed by atoms with Crippen LogP contribution >= 0.6 is 0 Å². The predicted octanol–water partition coefficient (Wildman–Crippen LogP) is 2.35. The van der Waals surface area contributed by atoms with Crippen LogP contribution in [0.2, 0.25) is 0 Å². The van der Waals surface area contributed by atoms with Crippen LogP contribution in [0.5, 0.6) is 0 Å². The molecule has 3 heterocycles. The Labute approximate surface area is 154 Å². The first kappa shape index (κ1) is 18.8. The second-order valence-electron chi connectivity index (χ2n) is 7.26. The first-order valence-corrected chi connectivity index (χ1v) is 9.48. The first-order valence-electron chi connectivity index (χ1n) is 9.48. The number of carbonyl (C=O) groups is 2. The van der Waals surface area contributed by atoms with Crippen LogP contribution in [0.1, 0.15) is 49.1 Å². The van der Waals surface area contributed by atoms with Gasteiger partial charge in [-0.3, -0.25) is 9.69 Å². The lowest BCUT2D eigenvalue weighted by Gasteiger charge is -2.21. The van der Waals surface area contributed by atoms with Crippen molar-refractivity contribution in [3.63, 3.8) is 0 Å². The largest absolute Gasteiger partial charge is 0.456 e. The zero-order valence-electron chi connectivity index (χ0n) is 16.2. The van der Waals surface area contributed by atoms with E-state index in [1.807, 2.05) is 13.0 Å². The van der Waals surface area contributed by atoms with Crippen LogP contribution in [-0.4, -0.2) is 72.1 Å². The van der Waals surface area contributed by atoms with E-state index in [0.29, 0.717) is 31.8 Å². The molecule has 3 rings (SSSR count). The quantitative estimate of drug-likeness (QED) is 0.776. The third-order valence-electron chi connectivity index (χ3n) is 5.46. The molecule has 2 aliphatic rings. The second-order valence-corrected chi connectivity index (χ2v) is 7.26. The zero-order valence-corrected chi connectivity index (χ0v) is 16.2. The Morgan fingerprint density at radius 1 is 1.27 bits per heavy atom. The van der Waals surface area contributed by atoms with Crippen LogP contribution in [-0.2, 0) is 17.7 Å². The van der Waals surface area contributed by atoms with Crippen LogP contribution in [0, 0.1) is 0 Å². The average molecular weight is 363 g/mol. The molecule has 1 atom stereocenters. The lowest BCUT2D eigenvalue weighted by molar-refractivity contribution is 0.0538. The Bertz CT molecular complexity index is 682. The summed E-state index contributed by atoms with van der Waals surface area (Å²) in [4.78, 5) is 30.2. The number of amides is 2. The molecule has 2 fully saturated rings. The highest BCUT2D eigenvalue weighted by atomic mass is 16.6. The molecule has 26 heavy (non-hydrogen) atoms. The summed E-state index contributed by atoms with van der Waals surface area (Å²) in [5, 5.41) is 0. The van der Waals surface area contributed by atoms with Gasteiger partial charge in [-0.1, -0.05) is 20.8 Å². The average Bonchev–Trinajstić information content (AvgIpc) is 3.30. The fraction of sp³-hybridized carbons (Fsp3) is 0.684. The topological polar surface area (TPSA) is 66.2 Å². The van der Waals surface area contributed by atoms with Crippen molar-refractivity contribution in [2.75, 3.05) is 39.8 Å². The predicted molar refractivity (Wildman–Crippen MR) is 97.1 cm³/mol. The molecule has 0 bridgehead atoms. The van der Waals surface area contributed by atoms with E-state index < -0.39 is 5.60 Å². The number of furan rings is 1. The van der Waals surface area contributed by atoms with Gasteiger partial charge in [0.15, 0.2) is 11.4 Å². The van der Waals surface area contributed by atoms with Gasteiger partial charge in [-0.25, -0.2) is 4.79 Å². The Kier molecular flexibility index (Phi) is 5.27. The summed E-state index contributed by atoms with van der Waals surface area (Å²) in [5.41, 5.74) is 0.520. The number of likely N-dealkylation sites (tertiary alicyclic amines) is 1. The molecule has 2 amide bonds. The second kappa shape index (κ2) is 7.31. The molecule has 7 heteroatoms. The number of hydrogen-bond donors (Lipinski definition) is 0. The molecule has 0 aromatic carbocycles. The van der Waals surface area contributed by atoms with Gasteiger partial charge in [-0.2, -0.15) is 0 Å². The van der Waals surface area contributed by atoms with E-state index in [0.717, 1.165) is 37.4 Å². The standard InChI is InChI=1S/C19H29N3O4/c1-5-15-14(11-21(6-2)7-3)10-16(25-15)17(23)22-9-8-19(13-22)12-20(4)18(24)26-19/h10H,5-9,11-13H2,1-4H3/t19-/m1/s1. The number of aryl methyl sites for hydroxylation is 1. The summed E-state index contributed by atoms with van der Waals surface area (Å²) >= 11 is 0. The molecule has 7 nitrogen and oxygen atoms in total. The number of rotatable bonds is 6. The van der Waals surface area contributed by atoms with Crippen LogP contribution in [0.3, 0.4) is 0 Å². The Morgan fingerprint density at radius 2 is 2.00 bits per heavy atom. The highest BCUT2D eigenvalue weighted by Crippen LogP contribution is 2.33. The zero-order chi connectivity index (χ0) is 18.9. The molecule has 0 aliphatic carbocycles. The maximum Gasteiger partial charge on any atom is 0.410 e. The van der Waals surface area contributed by atoms with Crippen molar-refractivity contribution in [3.05, 3.63) is 23.2 Å². The van der Waals surface area contributed by atoms with E-state index in [1.165, 1.54) is 0 Å². The first-order chi connectivity index (χ1) is 12.4. The Morgan fingerprint density at radius 3 is 2.58 bits per heavy atom. The minimum atomic E-state index is -0.564. The maximum atomic E-state index is 12.9. The molecule has 1 spiro atoms. The molecule has 0 saturated carbocycles. The van der Waals surface area contributed by atoms with Crippen molar-refractivity contribution in [1.82, 2.24) is 14.7 Å². The van der Waals surface area contributed by atoms with Crippen LogP contribution in [0.25, 0.3) is 0 Å². The molecule has 1 aromatic heterocycles. The van der Waals surface area contributed by atoms with Crippen molar-refractivity contribution < 1.29 is 18.7 Å². The van der Waals surface area contributed by atoms with Crippen molar-refractivity contribution >= 4 is 12.0 Å².